The van der Waals surface area contributed by atoms with Crippen LogP contribution in [0.25, 0.3) is 22.3 Å². The minimum absolute atomic E-state index is 0.211. The number of benzene rings is 1. The second-order valence-electron chi connectivity index (χ2n) is 7.21. The molecule has 5 N–H and O–H groups in total. The number of rotatable bonds is 4. The van der Waals surface area contributed by atoms with Crippen molar-refractivity contribution in [3.63, 3.8) is 0 Å². The summed E-state index contributed by atoms with van der Waals surface area (Å²) in [6.07, 6.45) is -0.936. The van der Waals surface area contributed by atoms with Gasteiger partial charge in [0.2, 0.25) is 15.9 Å². The molecule has 1 fully saturated rings. The molecule has 0 bridgehead atoms. The van der Waals surface area contributed by atoms with Crippen molar-refractivity contribution in [3.8, 4) is 11.3 Å². The van der Waals surface area contributed by atoms with E-state index in [0.29, 0.717) is 32.2 Å². The number of primary amides is 1. The SMILES string of the molecule is Cc1cc(S(=O)(=O)N2CC(F)(F)CC2C(N)=O)ccc1-c1ccc2[nH]nc(N)c2n1. The van der Waals surface area contributed by atoms with Crippen molar-refractivity contribution in [2.45, 2.75) is 30.2 Å². The maximum atomic E-state index is 13.8. The predicted molar refractivity (Wildman–Crippen MR) is 105 cm³/mol. The lowest BCUT2D eigenvalue weighted by Gasteiger charge is -2.21. The van der Waals surface area contributed by atoms with Crippen LogP contribution in [0.5, 0.6) is 0 Å². The van der Waals surface area contributed by atoms with Gasteiger partial charge in [0, 0.05) is 12.0 Å². The van der Waals surface area contributed by atoms with Crippen molar-refractivity contribution >= 4 is 32.8 Å². The molecule has 0 aliphatic carbocycles. The van der Waals surface area contributed by atoms with Crippen LogP contribution in [0.15, 0.2) is 35.2 Å². The number of anilines is 1. The van der Waals surface area contributed by atoms with Gasteiger partial charge in [-0.2, -0.15) is 9.40 Å². The normalized spacial score (nSPS) is 19.4. The fourth-order valence-corrected chi connectivity index (χ4v) is 5.28. The highest BCUT2D eigenvalue weighted by molar-refractivity contribution is 7.89. The number of aromatic nitrogens is 3. The summed E-state index contributed by atoms with van der Waals surface area (Å²) in [5.74, 6) is -4.21. The maximum Gasteiger partial charge on any atom is 0.263 e. The summed E-state index contributed by atoms with van der Waals surface area (Å²) in [5, 5.41) is 6.62. The highest BCUT2D eigenvalue weighted by atomic mass is 32.2. The number of halogens is 2. The molecule has 9 nitrogen and oxygen atoms in total. The van der Waals surface area contributed by atoms with Gasteiger partial charge in [-0.3, -0.25) is 9.89 Å². The minimum Gasteiger partial charge on any atom is -0.380 e. The molecule has 1 aliphatic heterocycles. The zero-order valence-electron chi connectivity index (χ0n) is 15.8. The molecule has 12 heteroatoms. The first kappa shape index (κ1) is 20.2. The number of hydrogen-bond acceptors (Lipinski definition) is 6. The van der Waals surface area contributed by atoms with E-state index in [-0.39, 0.29) is 10.7 Å². The standard InChI is InChI=1S/C18H18F2N6O3S/c1-9-6-10(30(28,29)26-8-18(19,20)7-14(26)17(22)27)2-3-11(9)12-4-5-13-15(23-12)16(21)25-24-13/h2-6,14H,7-8H2,1H3,(H2,22,27)(H3,21,24,25). The summed E-state index contributed by atoms with van der Waals surface area (Å²) in [6, 6.07) is 6.04. The molecule has 2 aromatic heterocycles. The van der Waals surface area contributed by atoms with Crippen LogP contribution in [0, 0.1) is 6.92 Å². The van der Waals surface area contributed by atoms with Crippen molar-refractivity contribution in [2.75, 3.05) is 12.3 Å². The van der Waals surface area contributed by atoms with Gasteiger partial charge >= 0.3 is 0 Å². The molecule has 3 heterocycles. The minimum atomic E-state index is -4.36. The molecular formula is C18H18F2N6O3S. The first-order valence-electron chi connectivity index (χ1n) is 8.90. The first-order valence-corrected chi connectivity index (χ1v) is 10.3. The highest BCUT2D eigenvalue weighted by Crippen LogP contribution is 2.36. The lowest BCUT2D eigenvalue weighted by atomic mass is 10.1. The number of nitrogens with one attached hydrogen (secondary N) is 1. The second-order valence-corrected chi connectivity index (χ2v) is 9.10. The second kappa shape index (κ2) is 6.71. The average Bonchev–Trinajstić information content (AvgIpc) is 3.21. The van der Waals surface area contributed by atoms with E-state index in [2.05, 4.69) is 15.2 Å². The number of fused-ring (bicyclic) bond motifs is 1. The smallest absolute Gasteiger partial charge is 0.263 e. The van der Waals surface area contributed by atoms with E-state index >= 15 is 0 Å². The Kier molecular flexibility index (Phi) is 4.51. The number of hydrogen-bond donors (Lipinski definition) is 3. The van der Waals surface area contributed by atoms with E-state index in [1.165, 1.54) is 18.2 Å². The first-order chi connectivity index (χ1) is 14.0. The van der Waals surface area contributed by atoms with Crippen LogP contribution in [0.2, 0.25) is 0 Å². The Morgan fingerprint density at radius 2 is 2.03 bits per heavy atom. The Bertz CT molecular complexity index is 1270. The Morgan fingerprint density at radius 3 is 2.70 bits per heavy atom. The fraction of sp³-hybridized carbons (Fsp3) is 0.278. The number of aromatic amines is 1. The largest absolute Gasteiger partial charge is 0.380 e. The summed E-state index contributed by atoms with van der Waals surface area (Å²) >= 11 is 0. The van der Waals surface area contributed by atoms with Crippen LogP contribution in [0.3, 0.4) is 0 Å². The van der Waals surface area contributed by atoms with E-state index < -0.39 is 40.9 Å². The lowest BCUT2D eigenvalue weighted by Crippen LogP contribution is -2.43. The van der Waals surface area contributed by atoms with Gasteiger partial charge < -0.3 is 11.5 Å². The van der Waals surface area contributed by atoms with E-state index in [1.807, 2.05) is 0 Å². The van der Waals surface area contributed by atoms with E-state index in [9.17, 15) is 22.0 Å². The number of alkyl halides is 2. The van der Waals surface area contributed by atoms with Gasteiger partial charge in [0.05, 0.1) is 22.7 Å². The van der Waals surface area contributed by atoms with Gasteiger partial charge in [0.25, 0.3) is 5.92 Å². The number of sulfonamides is 1. The molecule has 0 spiro atoms. The highest BCUT2D eigenvalue weighted by Gasteiger charge is 2.52. The molecule has 0 radical (unpaired) electrons. The summed E-state index contributed by atoms with van der Waals surface area (Å²) in [6.45, 7) is 0.574. The number of nitrogen functional groups attached to an aromatic ring is 1. The number of nitrogens with zero attached hydrogens (tertiary/aromatic N) is 3. The summed E-state index contributed by atoms with van der Waals surface area (Å²) < 4.78 is 54.0. The quantitative estimate of drug-likeness (QED) is 0.563. The van der Waals surface area contributed by atoms with Crippen molar-refractivity contribution < 1.29 is 22.0 Å². The van der Waals surface area contributed by atoms with Gasteiger partial charge in [-0.15, -0.1) is 0 Å². The van der Waals surface area contributed by atoms with Crippen molar-refractivity contribution in [1.82, 2.24) is 19.5 Å². The summed E-state index contributed by atoms with van der Waals surface area (Å²) in [7, 11) is -4.36. The topological polar surface area (TPSA) is 148 Å². The number of H-pyrrole nitrogens is 1. The van der Waals surface area contributed by atoms with Crippen LogP contribution in [0.1, 0.15) is 12.0 Å². The molecule has 1 aromatic carbocycles. The number of pyridine rings is 1. The van der Waals surface area contributed by atoms with Gasteiger partial charge in [0.15, 0.2) is 5.82 Å². The zero-order valence-corrected chi connectivity index (χ0v) is 16.6. The van der Waals surface area contributed by atoms with Gasteiger partial charge in [0.1, 0.15) is 11.6 Å². The molecule has 30 heavy (non-hydrogen) atoms. The molecule has 1 amide bonds. The predicted octanol–water partition coefficient (Wildman–Crippen LogP) is 1.40. The Balaban J connectivity index is 1.73. The summed E-state index contributed by atoms with van der Waals surface area (Å²) in [4.78, 5) is 15.8. The van der Waals surface area contributed by atoms with E-state index in [4.69, 9.17) is 11.5 Å². The van der Waals surface area contributed by atoms with Crippen LogP contribution < -0.4 is 11.5 Å². The molecule has 1 atom stereocenters. The van der Waals surface area contributed by atoms with Crippen molar-refractivity contribution in [2.24, 2.45) is 5.73 Å². The van der Waals surface area contributed by atoms with Crippen LogP contribution in [-0.2, 0) is 14.8 Å². The summed E-state index contributed by atoms with van der Waals surface area (Å²) in [5.41, 5.74) is 13.8. The zero-order chi connectivity index (χ0) is 21.8. The van der Waals surface area contributed by atoms with E-state index in [1.54, 1.807) is 19.1 Å². The molecule has 0 saturated carbocycles. The number of carbonyl (C=O) groups is 1. The van der Waals surface area contributed by atoms with Crippen LogP contribution >= 0.6 is 0 Å². The van der Waals surface area contributed by atoms with Gasteiger partial charge in [-0.25, -0.2) is 22.2 Å². The maximum absolute atomic E-state index is 13.8. The molecule has 3 aromatic rings. The third-order valence-electron chi connectivity index (χ3n) is 5.07. The number of nitrogens with two attached hydrogens (primary N) is 2. The fourth-order valence-electron chi connectivity index (χ4n) is 3.57. The molecule has 1 saturated heterocycles. The molecule has 1 aliphatic rings. The van der Waals surface area contributed by atoms with Gasteiger partial charge in [-0.1, -0.05) is 6.07 Å². The molecular weight excluding hydrogens is 418 g/mol. The Labute approximate surface area is 170 Å². The lowest BCUT2D eigenvalue weighted by molar-refractivity contribution is -0.121. The van der Waals surface area contributed by atoms with Crippen molar-refractivity contribution in [3.05, 3.63) is 35.9 Å². The third kappa shape index (κ3) is 3.27. The number of carbonyl (C=O) groups excluding carboxylic acids is 1. The third-order valence-corrected chi connectivity index (χ3v) is 6.92. The molecule has 4 rings (SSSR count). The number of aryl methyl sites for hydroxylation is 1. The van der Waals surface area contributed by atoms with E-state index in [0.717, 1.165) is 0 Å². The van der Waals surface area contributed by atoms with Crippen LogP contribution in [-0.4, -0.2) is 52.3 Å². The van der Waals surface area contributed by atoms with Crippen molar-refractivity contribution in [1.29, 1.82) is 0 Å². The number of amides is 1. The monoisotopic (exact) mass is 436 g/mol. The average molecular weight is 436 g/mol. The Morgan fingerprint density at radius 1 is 1.30 bits per heavy atom. The van der Waals surface area contributed by atoms with Gasteiger partial charge in [-0.05, 0) is 36.8 Å². The Hall–Kier alpha value is -3.12. The molecule has 1 unspecified atom stereocenters. The van der Waals surface area contributed by atoms with Crippen LogP contribution in [0.4, 0.5) is 14.6 Å². The molecule has 158 valence electrons.